The number of anilines is 2. The van der Waals surface area contributed by atoms with Crippen molar-refractivity contribution in [3.05, 3.63) is 200 Å². The van der Waals surface area contributed by atoms with Gasteiger partial charge in [0.1, 0.15) is 5.82 Å². The molecule has 9 aromatic rings. The summed E-state index contributed by atoms with van der Waals surface area (Å²) in [5, 5.41) is 1.80. The minimum atomic E-state index is -0.554. The van der Waals surface area contributed by atoms with Gasteiger partial charge in [-0.1, -0.05) is 133 Å². The summed E-state index contributed by atoms with van der Waals surface area (Å²) in [7, 11) is 0. The average molecular weight is 998 g/mol. The van der Waals surface area contributed by atoms with Crippen molar-refractivity contribution in [1.29, 1.82) is 0 Å². The van der Waals surface area contributed by atoms with Gasteiger partial charge in [0.05, 0.1) is 20.6 Å². The molecule has 2 aromatic heterocycles. The second kappa shape index (κ2) is 15.8. The molecule has 2 saturated carbocycles. The van der Waals surface area contributed by atoms with E-state index in [1.807, 2.05) is 77.7 Å². The van der Waals surface area contributed by atoms with Gasteiger partial charge in [-0.05, 0) is 77.8 Å². The molecule has 2 aliphatic carbocycles. The largest absolute Gasteiger partial charge is 0.519 e. The molecule has 3 heterocycles. The number of nitrogens with zero attached hydrogens (tertiary/aromatic N) is 4. The maximum Gasteiger partial charge on any atom is 0.135 e. The Bertz CT molecular complexity index is 3810. The Kier molecular flexibility index (Phi) is 6.50. The van der Waals surface area contributed by atoms with Gasteiger partial charge >= 0.3 is 0 Å². The third-order valence-electron chi connectivity index (χ3n) is 12.5. The SMILES string of the molecule is [2H]c1c([2H])c([2H])c(-c2cnc(-n3c4[c-]c(Oc5[c-]c(N6[CH-]N(c7c(-c8c([2H])c([2H])c([2H])c([2H])c8[2H])cccc7-c7c([2H])c([2H])c([2H])c([2H])c7[2H])C7C8CC[C@H](C8)[C@@H]76)ccc5)ccc4c4ccccc43)cc2C)c([2H])c1[2H].[Pt]. The van der Waals surface area contributed by atoms with Crippen molar-refractivity contribution in [1.82, 2.24) is 9.55 Å². The molecule has 12 rings (SSSR count). The van der Waals surface area contributed by atoms with Crippen LogP contribution < -0.4 is 14.5 Å². The van der Waals surface area contributed by atoms with Gasteiger partial charge in [0.2, 0.25) is 0 Å². The maximum atomic E-state index is 9.10. The number of para-hydroxylation sites is 2. The van der Waals surface area contributed by atoms with E-state index in [4.69, 9.17) is 30.3 Å². The summed E-state index contributed by atoms with van der Waals surface area (Å²) < 4.78 is 138. The Morgan fingerprint density at radius 3 is 1.94 bits per heavy atom. The van der Waals surface area contributed by atoms with Crippen LogP contribution in [0.2, 0.25) is 0 Å². The number of hydrogen-bond acceptors (Lipinski definition) is 4. The molecule has 1 saturated heterocycles. The Morgan fingerprint density at radius 1 is 0.645 bits per heavy atom. The molecule has 2 bridgehead atoms. The van der Waals surface area contributed by atoms with E-state index in [2.05, 4.69) is 17.0 Å². The van der Waals surface area contributed by atoms with Crippen molar-refractivity contribution in [3.8, 4) is 50.7 Å². The molecule has 0 spiro atoms. The summed E-state index contributed by atoms with van der Waals surface area (Å²) >= 11 is 0. The standard InChI is InChI=1S/C56H43N4O.Pt/c1-37-31-53(57-35-50(37)40-19-9-4-10-20-40)60-51-26-12-11-23-48(51)49-30-29-45(34-52(49)60)61-44-22-13-21-43(33-44)58-36-59(55-42-28-27-41(32-42)54(55)58)56-46(38-15-5-2-6-16-38)24-14-25-47(56)39-17-7-3-8-18-39;/h2-26,29-31,35-36,41-42,54-55H,27-28,32H2,1H3;/q-3;/t41-,42?,54+,55?;/m1./s1/i2D,3D,4D,5D,6D,7D,8D,9D,10D,15D,16D,17D,18D,19D,20D;. The van der Waals surface area contributed by atoms with E-state index >= 15 is 0 Å². The van der Waals surface area contributed by atoms with Crippen molar-refractivity contribution in [2.45, 2.75) is 38.3 Å². The minimum Gasteiger partial charge on any atom is -0.519 e. The summed E-state index contributed by atoms with van der Waals surface area (Å²) in [6.45, 7) is 3.72. The third kappa shape index (κ3) is 6.45. The molecule has 7 aromatic carbocycles. The van der Waals surface area contributed by atoms with Crippen LogP contribution in [0.25, 0.3) is 61.0 Å². The van der Waals surface area contributed by atoms with Gasteiger partial charge in [0.15, 0.2) is 0 Å². The molecule has 1 aliphatic heterocycles. The fourth-order valence-corrected chi connectivity index (χ4v) is 9.97. The van der Waals surface area contributed by atoms with E-state index in [1.165, 1.54) is 6.20 Å². The van der Waals surface area contributed by atoms with Crippen molar-refractivity contribution in [2.75, 3.05) is 9.80 Å². The predicted molar refractivity (Wildman–Crippen MR) is 248 cm³/mol. The Balaban J connectivity index is 0.00000631. The number of ether oxygens (including phenoxy) is 1. The molecule has 0 radical (unpaired) electrons. The summed E-state index contributed by atoms with van der Waals surface area (Å²) in [5.41, 5.74) is 3.96. The van der Waals surface area contributed by atoms with Crippen LogP contribution in [0.15, 0.2) is 176 Å². The second-order valence-corrected chi connectivity index (χ2v) is 15.7. The van der Waals surface area contributed by atoms with Crippen LogP contribution in [0.3, 0.4) is 0 Å². The molecule has 2 unspecified atom stereocenters. The van der Waals surface area contributed by atoms with Gasteiger partial charge in [-0.3, -0.25) is 0 Å². The van der Waals surface area contributed by atoms with Crippen LogP contribution in [-0.4, -0.2) is 21.6 Å². The summed E-state index contributed by atoms with van der Waals surface area (Å²) in [5.74, 6) is 1.65. The number of pyridine rings is 1. The molecule has 4 atom stereocenters. The first-order chi connectivity index (χ1) is 36.4. The first-order valence-corrected chi connectivity index (χ1v) is 20.3. The van der Waals surface area contributed by atoms with E-state index in [0.717, 1.165) is 35.6 Å². The van der Waals surface area contributed by atoms with Gasteiger partial charge < -0.3 is 19.1 Å². The van der Waals surface area contributed by atoms with E-state index in [0.29, 0.717) is 45.3 Å². The first kappa shape index (κ1) is 25.5. The normalized spacial score (nSPS) is 22.3. The monoisotopic (exact) mass is 997 g/mol. The molecule has 0 N–H and O–H groups in total. The average Bonchev–Trinajstić information content (AvgIpc) is 4.31. The van der Waals surface area contributed by atoms with Gasteiger partial charge in [0.25, 0.3) is 0 Å². The van der Waals surface area contributed by atoms with Crippen LogP contribution in [0.5, 0.6) is 11.5 Å². The molecule has 0 amide bonds. The van der Waals surface area contributed by atoms with Crippen LogP contribution in [-0.2, 0) is 21.1 Å². The molecular weight excluding hydrogens is 940 g/mol. The second-order valence-electron chi connectivity index (χ2n) is 15.7. The van der Waals surface area contributed by atoms with Crippen molar-refractivity contribution < 1.29 is 46.4 Å². The fraction of sp³-hybridized carbons (Fsp3) is 0.143. The van der Waals surface area contributed by atoms with Crippen molar-refractivity contribution in [3.63, 3.8) is 0 Å². The molecule has 3 aliphatic rings. The zero-order valence-electron chi connectivity index (χ0n) is 48.1. The number of fused-ring (bicyclic) bond motifs is 8. The van der Waals surface area contributed by atoms with E-state index in [-0.39, 0.29) is 84.9 Å². The Morgan fingerprint density at radius 2 is 1.26 bits per heavy atom. The quantitative estimate of drug-likeness (QED) is 0.142. The smallest absolute Gasteiger partial charge is 0.135 e. The summed E-state index contributed by atoms with van der Waals surface area (Å²) in [4.78, 5) is 8.95. The van der Waals surface area contributed by atoms with E-state index < -0.39 is 78.6 Å². The van der Waals surface area contributed by atoms with Gasteiger partial charge in [-0.2, -0.15) is 24.9 Å². The fourth-order valence-electron chi connectivity index (χ4n) is 9.97. The molecule has 306 valence electrons. The zero-order chi connectivity index (χ0) is 53.5. The number of benzene rings is 7. The van der Waals surface area contributed by atoms with Crippen molar-refractivity contribution >= 4 is 33.2 Å². The molecule has 62 heavy (non-hydrogen) atoms. The number of rotatable bonds is 8. The summed E-state index contributed by atoms with van der Waals surface area (Å²) in [6.07, 6.45) is 4.28. The topological polar surface area (TPSA) is 33.5 Å². The van der Waals surface area contributed by atoms with Crippen LogP contribution in [0.1, 0.15) is 45.4 Å². The van der Waals surface area contributed by atoms with Crippen LogP contribution in [0, 0.1) is 37.6 Å². The Hall–Kier alpha value is -6.42. The summed E-state index contributed by atoms with van der Waals surface area (Å²) in [6, 6.07) is 23.6. The number of hydrogen-bond donors (Lipinski definition) is 0. The van der Waals surface area contributed by atoms with Crippen LogP contribution in [0.4, 0.5) is 11.4 Å². The number of aromatic nitrogens is 2. The maximum absolute atomic E-state index is 9.10. The zero-order valence-corrected chi connectivity index (χ0v) is 35.4. The molecule has 6 heteroatoms. The molecular formula is C56H43N4OPt-3. The van der Waals surface area contributed by atoms with Crippen LogP contribution >= 0.6 is 0 Å². The van der Waals surface area contributed by atoms with Gasteiger partial charge in [0, 0.05) is 78.7 Å². The molecule has 5 nitrogen and oxygen atoms in total. The Labute approximate surface area is 398 Å². The van der Waals surface area contributed by atoms with E-state index in [9.17, 15) is 0 Å². The first-order valence-electron chi connectivity index (χ1n) is 27.8. The van der Waals surface area contributed by atoms with Gasteiger partial charge in [-0.25, -0.2) is 4.98 Å². The van der Waals surface area contributed by atoms with Gasteiger partial charge in [-0.15, -0.1) is 35.3 Å². The van der Waals surface area contributed by atoms with E-state index in [1.54, 1.807) is 24.3 Å². The van der Waals surface area contributed by atoms with Crippen molar-refractivity contribution in [2.24, 2.45) is 11.8 Å². The predicted octanol–water partition coefficient (Wildman–Crippen LogP) is 13.5. The number of aryl methyl sites for hydroxylation is 1. The molecule has 3 fully saturated rings. The minimum absolute atomic E-state index is 0. The third-order valence-corrected chi connectivity index (χ3v) is 12.5.